The van der Waals surface area contributed by atoms with E-state index < -0.39 is 36.7 Å². The Morgan fingerprint density at radius 2 is 1.83 bits per heavy atom. The van der Waals surface area contributed by atoms with Crippen molar-refractivity contribution in [2.45, 2.75) is 38.3 Å². The molecule has 2 aliphatic rings. The normalized spacial score (nSPS) is 17.7. The summed E-state index contributed by atoms with van der Waals surface area (Å²) >= 11 is 1.28. The summed E-state index contributed by atoms with van der Waals surface area (Å²) < 4.78 is 10.6. The van der Waals surface area contributed by atoms with Crippen LogP contribution < -0.4 is 26.6 Å². The summed E-state index contributed by atoms with van der Waals surface area (Å²) in [4.78, 5) is 55.8. The molecule has 48 heavy (non-hydrogen) atoms. The van der Waals surface area contributed by atoms with Crippen LogP contribution in [0.2, 0.25) is 0 Å². The number of alkyl carbamates (subject to hydrolysis) is 1. The molecule has 1 aromatic heterocycles. The van der Waals surface area contributed by atoms with E-state index in [0.717, 1.165) is 16.7 Å². The highest BCUT2D eigenvalue weighted by Gasteiger charge is 2.36. The third-order valence-corrected chi connectivity index (χ3v) is 8.36. The molecule has 5 amide bonds. The number of ether oxygens (including phenoxy) is 2. The number of carboxylic acid groups (broad SMARTS) is 1. The molecule has 0 aliphatic carbocycles. The fraction of sp³-hybridized carbons (Fsp3) is 0.303. The molecule has 0 saturated carbocycles. The second-order valence-corrected chi connectivity index (χ2v) is 12.0. The van der Waals surface area contributed by atoms with Gasteiger partial charge in [0, 0.05) is 37.5 Å². The Hall–Kier alpha value is -5.41. The summed E-state index contributed by atoms with van der Waals surface area (Å²) in [5.41, 5.74) is 3.35. The number of allylic oxidation sites excluding steroid dienone is 1. The van der Waals surface area contributed by atoms with E-state index in [0.29, 0.717) is 30.5 Å². The van der Waals surface area contributed by atoms with Gasteiger partial charge in [0.2, 0.25) is 0 Å². The number of thiazole rings is 1. The molecular formula is C33H37N7O7S. The van der Waals surface area contributed by atoms with E-state index in [1.54, 1.807) is 18.4 Å². The third-order valence-electron chi connectivity index (χ3n) is 7.55. The van der Waals surface area contributed by atoms with Gasteiger partial charge in [0.1, 0.15) is 13.2 Å². The summed E-state index contributed by atoms with van der Waals surface area (Å²) in [5, 5.41) is 26.3. The van der Waals surface area contributed by atoms with E-state index in [9.17, 15) is 24.3 Å². The second kappa shape index (κ2) is 16.9. The Labute approximate surface area is 281 Å². The Balaban J connectivity index is 1.17. The number of carboxylic acids is 1. The number of carbonyl (C=O) groups is 4. The highest BCUT2D eigenvalue weighted by Crippen LogP contribution is 2.24. The van der Waals surface area contributed by atoms with Gasteiger partial charge in [-0.2, -0.15) is 0 Å². The maximum Gasteiger partial charge on any atom is 0.407 e. The molecule has 0 bridgehead atoms. The minimum Gasteiger partial charge on any atom is -0.497 e. The summed E-state index contributed by atoms with van der Waals surface area (Å²) in [6, 6.07) is 17.0. The number of nitrogens with one attached hydrogen (secondary N) is 5. The molecule has 1 saturated heterocycles. The van der Waals surface area contributed by atoms with Crippen molar-refractivity contribution in [2.24, 2.45) is 5.92 Å². The number of carbonyl (C=O) groups excluding carboxylic acids is 3. The first kappa shape index (κ1) is 33.9. The number of hydrogen-bond donors (Lipinski definition) is 6. The molecule has 2 aromatic carbocycles. The maximum absolute atomic E-state index is 13.3. The van der Waals surface area contributed by atoms with Gasteiger partial charge in [-0.05, 0) is 28.9 Å². The van der Waals surface area contributed by atoms with Crippen molar-refractivity contribution in [3.05, 3.63) is 107 Å². The van der Waals surface area contributed by atoms with Crippen molar-refractivity contribution in [2.75, 3.05) is 25.0 Å². The third kappa shape index (κ3) is 10.3. The van der Waals surface area contributed by atoms with Gasteiger partial charge in [-0.15, -0.1) is 11.3 Å². The van der Waals surface area contributed by atoms with Crippen LogP contribution in [0.5, 0.6) is 0 Å². The van der Waals surface area contributed by atoms with Crippen LogP contribution in [0.4, 0.5) is 19.5 Å². The second-order valence-electron chi connectivity index (χ2n) is 11.1. The van der Waals surface area contributed by atoms with Crippen LogP contribution in [0.3, 0.4) is 0 Å². The van der Waals surface area contributed by atoms with Crippen LogP contribution in [0, 0.1) is 5.92 Å². The Morgan fingerprint density at radius 1 is 1.08 bits per heavy atom. The summed E-state index contributed by atoms with van der Waals surface area (Å²) in [7, 11) is 0. The van der Waals surface area contributed by atoms with E-state index >= 15 is 0 Å². The first-order valence-corrected chi connectivity index (χ1v) is 16.2. The first-order valence-electron chi connectivity index (χ1n) is 15.3. The van der Waals surface area contributed by atoms with Crippen molar-refractivity contribution >= 4 is 40.6 Å². The molecule has 3 unspecified atom stereocenters. The number of rotatable bonds is 14. The maximum atomic E-state index is 13.3. The fourth-order valence-electron chi connectivity index (χ4n) is 5.22. The number of amides is 5. The molecule has 0 spiro atoms. The van der Waals surface area contributed by atoms with Crippen LogP contribution in [0.15, 0.2) is 90.0 Å². The lowest BCUT2D eigenvalue weighted by Crippen LogP contribution is -2.63. The fourth-order valence-corrected chi connectivity index (χ4v) is 5.92. The SMILES string of the molecule is O=C(O)CC(CN1CC(C2=CCOC=C2)C(NCc2csc(NC(=O)NCc3ccccc3)n2)NC1=O)NC(=O)OCc1ccccc1. The van der Waals surface area contributed by atoms with E-state index in [1.807, 2.05) is 66.1 Å². The van der Waals surface area contributed by atoms with Gasteiger partial charge in [0.15, 0.2) is 5.13 Å². The largest absolute Gasteiger partial charge is 0.497 e. The smallest absolute Gasteiger partial charge is 0.407 e. The number of hydrogen-bond acceptors (Lipinski definition) is 9. The van der Waals surface area contributed by atoms with Crippen LogP contribution in [0.1, 0.15) is 23.2 Å². The highest BCUT2D eigenvalue weighted by atomic mass is 32.1. The number of urea groups is 2. The average Bonchev–Trinajstić information content (AvgIpc) is 3.54. The molecule has 2 aliphatic heterocycles. The van der Waals surface area contributed by atoms with Gasteiger partial charge >= 0.3 is 24.1 Å². The molecule has 15 heteroatoms. The number of benzene rings is 2. The van der Waals surface area contributed by atoms with Crippen LogP contribution in [-0.2, 0) is 34.0 Å². The molecule has 3 aromatic rings. The van der Waals surface area contributed by atoms with E-state index in [4.69, 9.17) is 9.47 Å². The molecule has 0 radical (unpaired) electrons. The van der Waals surface area contributed by atoms with Crippen molar-refractivity contribution in [1.29, 1.82) is 0 Å². The molecular weight excluding hydrogens is 638 g/mol. The van der Waals surface area contributed by atoms with Crippen molar-refractivity contribution in [3.63, 3.8) is 0 Å². The van der Waals surface area contributed by atoms with Crippen LogP contribution >= 0.6 is 11.3 Å². The molecule has 1 fully saturated rings. The summed E-state index contributed by atoms with van der Waals surface area (Å²) in [6.07, 6.45) is 3.65. The zero-order chi connectivity index (χ0) is 33.7. The minimum absolute atomic E-state index is 0.0205. The number of nitrogens with zero attached hydrogens (tertiary/aromatic N) is 2. The van der Waals surface area contributed by atoms with Crippen molar-refractivity contribution in [3.8, 4) is 0 Å². The predicted octanol–water partition coefficient (Wildman–Crippen LogP) is 3.76. The van der Waals surface area contributed by atoms with E-state index in [1.165, 1.54) is 16.2 Å². The molecule has 14 nitrogen and oxygen atoms in total. The number of aromatic nitrogens is 1. The quantitative estimate of drug-likeness (QED) is 0.148. The highest BCUT2D eigenvalue weighted by molar-refractivity contribution is 7.13. The Morgan fingerprint density at radius 3 is 2.54 bits per heavy atom. The molecule has 252 valence electrons. The molecule has 6 N–H and O–H groups in total. The molecule has 5 rings (SSSR count). The lowest BCUT2D eigenvalue weighted by Gasteiger charge is -2.41. The Bertz CT molecular complexity index is 1620. The zero-order valence-corrected chi connectivity index (χ0v) is 26.8. The first-order chi connectivity index (χ1) is 23.3. The van der Waals surface area contributed by atoms with Crippen molar-refractivity contribution < 1.29 is 33.8 Å². The van der Waals surface area contributed by atoms with Gasteiger partial charge in [-0.3, -0.25) is 15.4 Å². The van der Waals surface area contributed by atoms with Gasteiger partial charge in [0.25, 0.3) is 0 Å². The lowest BCUT2D eigenvalue weighted by atomic mass is 9.92. The van der Waals surface area contributed by atoms with E-state index in [2.05, 4.69) is 31.6 Å². The van der Waals surface area contributed by atoms with Gasteiger partial charge in [-0.25, -0.2) is 19.4 Å². The monoisotopic (exact) mass is 675 g/mol. The average molecular weight is 676 g/mol. The van der Waals surface area contributed by atoms with E-state index in [-0.39, 0.29) is 31.6 Å². The van der Waals surface area contributed by atoms with Crippen molar-refractivity contribution in [1.82, 2.24) is 31.2 Å². The van der Waals surface area contributed by atoms with Gasteiger partial charge in [-0.1, -0.05) is 60.7 Å². The Kier molecular flexibility index (Phi) is 12.0. The summed E-state index contributed by atoms with van der Waals surface area (Å²) in [5.74, 6) is -1.38. The molecule has 3 heterocycles. The van der Waals surface area contributed by atoms with Crippen LogP contribution in [0.25, 0.3) is 0 Å². The predicted molar refractivity (Wildman–Crippen MR) is 178 cm³/mol. The van der Waals surface area contributed by atoms with Gasteiger partial charge in [0.05, 0.1) is 30.6 Å². The van der Waals surface area contributed by atoms with Crippen LogP contribution in [-0.4, -0.2) is 71.0 Å². The summed E-state index contributed by atoms with van der Waals surface area (Å²) in [6.45, 7) is 1.26. The van der Waals surface area contributed by atoms with Gasteiger partial charge < -0.3 is 35.4 Å². The molecule has 3 atom stereocenters. The lowest BCUT2D eigenvalue weighted by molar-refractivity contribution is -0.137. The number of anilines is 1. The number of aliphatic carboxylic acids is 1. The topological polar surface area (TPSA) is 183 Å². The standard InChI is InChI=1S/C33H37N7O7S/c41-28(42)15-25(37-33(45)47-20-23-9-5-2-6-10-23)18-40-19-27(24-11-13-46-14-12-24)29(38-32(40)44)34-17-26-21-48-31(36-26)39-30(43)35-16-22-7-3-1-4-8-22/h1-13,21,25,27,29,34H,14-20H2,(H,37,45)(H,38,44)(H,41,42)(H2,35,36,39,43). The minimum atomic E-state index is -1.13. The zero-order valence-electron chi connectivity index (χ0n) is 26.0.